The fourth-order valence-corrected chi connectivity index (χ4v) is 4.71. The highest BCUT2D eigenvalue weighted by Crippen LogP contribution is 2.29. The number of furan rings is 1. The lowest BCUT2D eigenvalue weighted by molar-refractivity contribution is 0.0597. The van der Waals surface area contributed by atoms with Gasteiger partial charge in [-0.15, -0.1) is 11.3 Å². The predicted octanol–water partition coefficient (Wildman–Crippen LogP) is 5.03. The molecular weight excluding hydrogens is 408 g/mol. The maximum absolute atomic E-state index is 13.4. The van der Waals surface area contributed by atoms with Crippen molar-refractivity contribution in [3.05, 3.63) is 88.3 Å². The van der Waals surface area contributed by atoms with Crippen LogP contribution in [0.1, 0.15) is 21.0 Å². The van der Waals surface area contributed by atoms with Gasteiger partial charge in [-0.25, -0.2) is 0 Å². The summed E-state index contributed by atoms with van der Waals surface area (Å²) in [6.45, 7) is 4.35. The van der Waals surface area contributed by atoms with Crippen molar-refractivity contribution < 1.29 is 13.9 Å². The number of piperazine rings is 1. The van der Waals surface area contributed by atoms with E-state index in [9.17, 15) is 4.79 Å². The summed E-state index contributed by atoms with van der Waals surface area (Å²) in [5.74, 6) is 1.11. The zero-order chi connectivity index (χ0) is 21.0. The molecule has 2 aromatic heterocycles. The van der Waals surface area contributed by atoms with Crippen LogP contribution in [0.4, 0.5) is 0 Å². The van der Waals surface area contributed by atoms with Gasteiger partial charge in [0.1, 0.15) is 17.9 Å². The lowest BCUT2D eigenvalue weighted by atomic mass is 10.1. The van der Waals surface area contributed by atoms with Gasteiger partial charge in [-0.05, 0) is 29.6 Å². The maximum Gasteiger partial charge on any atom is 0.290 e. The lowest BCUT2D eigenvalue weighted by Crippen LogP contribution is -2.48. The largest absolute Gasteiger partial charge is 0.489 e. The van der Waals surface area contributed by atoms with Gasteiger partial charge in [0.15, 0.2) is 5.76 Å². The second-order valence-corrected chi connectivity index (χ2v) is 8.69. The van der Waals surface area contributed by atoms with E-state index in [1.807, 2.05) is 59.5 Å². The van der Waals surface area contributed by atoms with Crippen LogP contribution in [-0.4, -0.2) is 41.9 Å². The Morgan fingerprint density at radius 2 is 1.71 bits per heavy atom. The van der Waals surface area contributed by atoms with Crippen LogP contribution in [0.2, 0.25) is 0 Å². The Bertz CT molecular complexity index is 1150. The highest BCUT2D eigenvalue weighted by molar-refractivity contribution is 7.09. The van der Waals surface area contributed by atoms with E-state index in [1.165, 1.54) is 4.88 Å². The highest BCUT2D eigenvalue weighted by atomic mass is 32.1. The molecule has 1 aliphatic rings. The zero-order valence-corrected chi connectivity index (χ0v) is 18.0. The topological polar surface area (TPSA) is 45.9 Å². The fourth-order valence-electron chi connectivity index (χ4n) is 3.96. The van der Waals surface area contributed by atoms with E-state index in [0.717, 1.165) is 36.3 Å². The summed E-state index contributed by atoms with van der Waals surface area (Å²) in [6.07, 6.45) is 0. The Morgan fingerprint density at radius 3 is 2.48 bits per heavy atom. The van der Waals surface area contributed by atoms with E-state index in [0.29, 0.717) is 31.0 Å². The highest BCUT2D eigenvalue weighted by Gasteiger charge is 2.28. The predicted molar refractivity (Wildman–Crippen MR) is 122 cm³/mol. The number of para-hydroxylation sites is 2. The third-order valence-corrected chi connectivity index (χ3v) is 6.50. The third kappa shape index (κ3) is 4.36. The molecule has 1 saturated heterocycles. The van der Waals surface area contributed by atoms with Gasteiger partial charge >= 0.3 is 0 Å². The number of carbonyl (C=O) groups excluding carboxylic acids is 1. The van der Waals surface area contributed by atoms with E-state index in [-0.39, 0.29) is 5.91 Å². The zero-order valence-electron chi connectivity index (χ0n) is 17.2. The summed E-state index contributed by atoms with van der Waals surface area (Å²) in [6, 6.07) is 21.7. The molecule has 31 heavy (non-hydrogen) atoms. The van der Waals surface area contributed by atoms with Crippen molar-refractivity contribution in [3.8, 4) is 5.75 Å². The molecule has 0 atom stereocenters. The van der Waals surface area contributed by atoms with Crippen molar-refractivity contribution >= 4 is 28.2 Å². The van der Waals surface area contributed by atoms with Crippen molar-refractivity contribution in [2.45, 2.75) is 13.2 Å². The first kappa shape index (κ1) is 19.8. The van der Waals surface area contributed by atoms with Crippen LogP contribution in [0.15, 0.2) is 76.5 Å². The summed E-state index contributed by atoms with van der Waals surface area (Å²) in [7, 11) is 0. The molecule has 158 valence electrons. The number of ether oxygens (including phenoxy) is 1. The number of thiophene rings is 1. The average Bonchev–Trinajstić information content (AvgIpc) is 3.46. The molecule has 1 fully saturated rings. The quantitative estimate of drug-likeness (QED) is 0.429. The molecule has 0 radical (unpaired) electrons. The number of benzene rings is 2. The minimum Gasteiger partial charge on any atom is -0.489 e. The Morgan fingerprint density at radius 1 is 0.935 bits per heavy atom. The third-order valence-electron chi connectivity index (χ3n) is 5.64. The number of hydrogen-bond acceptors (Lipinski definition) is 5. The minimum atomic E-state index is -0.0568. The lowest BCUT2D eigenvalue weighted by Gasteiger charge is -2.34. The van der Waals surface area contributed by atoms with Gasteiger partial charge in [0.25, 0.3) is 5.91 Å². The Kier molecular flexibility index (Phi) is 5.74. The van der Waals surface area contributed by atoms with Crippen molar-refractivity contribution in [2.75, 3.05) is 26.2 Å². The molecule has 0 unspecified atom stereocenters. The van der Waals surface area contributed by atoms with Crippen LogP contribution in [0, 0.1) is 0 Å². The average molecular weight is 433 g/mol. The monoisotopic (exact) mass is 432 g/mol. The second-order valence-electron chi connectivity index (χ2n) is 7.66. The molecule has 0 spiro atoms. The summed E-state index contributed by atoms with van der Waals surface area (Å²) in [5.41, 5.74) is 1.53. The van der Waals surface area contributed by atoms with Crippen molar-refractivity contribution in [2.24, 2.45) is 0 Å². The second kappa shape index (κ2) is 8.96. The van der Waals surface area contributed by atoms with Gasteiger partial charge in [-0.2, -0.15) is 0 Å². The molecule has 6 heteroatoms. The molecule has 4 aromatic rings. The van der Waals surface area contributed by atoms with E-state index < -0.39 is 0 Å². The van der Waals surface area contributed by atoms with Crippen LogP contribution in [0.25, 0.3) is 11.0 Å². The molecule has 0 N–H and O–H groups in total. The van der Waals surface area contributed by atoms with E-state index >= 15 is 0 Å². The number of hydrogen-bond donors (Lipinski definition) is 0. The number of fused-ring (bicyclic) bond motifs is 1. The SMILES string of the molecule is O=C(c1oc2ccccc2c1COc1ccccc1)N1CCN(Cc2cccs2)CC1. The number of nitrogens with zero attached hydrogens (tertiary/aromatic N) is 2. The molecule has 1 amide bonds. The van der Waals surface area contributed by atoms with Crippen LogP contribution < -0.4 is 4.74 Å². The number of rotatable bonds is 6. The van der Waals surface area contributed by atoms with Crippen molar-refractivity contribution in [1.29, 1.82) is 0 Å². The first-order chi connectivity index (χ1) is 15.3. The minimum absolute atomic E-state index is 0.0568. The van der Waals surface area contributed by atoms with E-state index in [4.69, 9.17) is 9.15 Å². The Balaban J connectivity index is 1.32. The van der Waals surface area contributed by atoms with Gasteiger partial charge in [-0.1, -0.05) is 42.5 Å². The van der Waals surface area contributed by atoms with Crippen LogP contribution >= 0.6 is 11.3 Å². The standard InChI is InChI=1S/C25H24N2O3S/c28-25(27-14-12-26(13-15-27)17-20-9-6-16-31-20)24-22(18-29-19-7-2-1-3-8-19)21-10-4-5-11-23(21)30-24/h1-11,16H,12-15,17-18H2. The molecule has 5 rings (SSSR count). The Labute approximate surface area is 185 Å². The first-order valence-corrected chi connectivity index (χ1v) is 11.4. The smallest absolute Gasteiger partial charge is 0.290 e. The van der Waals surface area contributed by atoms with Crippen LogP contribution in [0.3, 0.4) is 0 Å². The molecule has 3 heterocycles. The summed E-state index contributed by atoms with van der Waals surface area (Å²) in [5, 5.41) is 3.04. The molecule has 0 aliphatic carbocycles. The number of carbonyl (C=O) groups is 1. The summed E-state index contributed by atoms with van der Waals surface area (Å²) < 4.78 is 12.0. The summed E-state index contributed by atoms with van der Waals surface area (Å²) in [4.78, 5) is 19.0. The fraction of sp³-hybridized carbons (Fsp3) is 0.240. The number of amides is 1. The molecule has 0 saturated carbocycles. The van der Waals surface area contributed by atoms with Crippen LogP contribution in [0.5, 0.6) is 5.75 Å². The van der Waals surface area contributed by atoms with Crippen molar-refractivity contribution in [3.63, 3.8) is 0 Å². The molecular formula is C25H24N2O3S. The molecule has 5 nitrogen and oxygen atoms in total. The van der Waals surface area contributed by atoms with Crippen molar-refractivity contribution in [1.82, 2.24) is 9.80 Å². The van der Waals surface area contributed by atoms with E-state index in [1.54, 1.807) is 11.3 Å². The van der Waals surface area contributed by atoms with Gasteiger partial charge in [0, 0.05) is 48.6 Å². The molecule has 2 aromatic carbocycles. The molecule has 1 aliphatic heterocycles. The van der Waals surface area contributed by atoms with Gasteiger partial charge in [-0.3, -0.25) is 9.69 Å². The van der Waals surface area contributed by atoms with Crippen LogP contribution in [-0.2, 0) is 13.2 Å². The maximum atomic E-state index is 13.4. The van der Waals surface area contributed by atoms with Gasteiger partial charge < -0.3 is 14.1 Å². The first-order valence-electron chi connectivity index (χ1n) is 10.5. The van der Waals surface area contributed by atoms with Gasteiger partial charge in [0.2, 0.25) is 0 Å². The molecule has 0 bridgehead atoms. The Hall–Kier alpha value is -3.09. The van der Waals surface area contributed by atoms with E-state index in [2.05, 4.69) is 22.4 Å². The van der Waals surface area contributed by atoms with Gasteiger partial charge in [0.05, 0.1) is 0 Å². The summed E-state index contributed by atoms with van der Waals surface area (Å²) >= 11 is 1.78. The normalized spacial score (nSPS) is 14.8.